The molecule has 2 aromatic carbocycles. The summed E-state index contributed by atoms with van der Waals surface area (Å²) in [5.41, 5.74) is -0.330. The Bertz CT molecular complexity index is 975. The average molecular weight is 347 g/mol. The number of amides is 1. The highest BCUT2D eigenvalue weighted by Gasteiger charge is 2.29. The number of carbonyl (C=O) groups is 1. The molecule has 0 aliphatic heterocycles. The van der Waals surface area contributed by atoms with Gasteiger partial charge in [0.15, 0.2) is 11.2 Å². The summed E-state index contributed by atoms with van der Waals surface area (Å²) in [5, 5.41) is 2.88. The van der Waals surface area contributed by atoms with Crippen LogP contribution in [0.2, 0.25) is 0 Å². The summed E-state index contributed by atoms with van der Waals surface area (Å²) in [6.45, 7) is 0.00745. The first kappa shape index (κ1) is 16.8. The van der Waals surface area contributed by atoms with Crippen molar-refractivity contribution in [3.05, 3.63) is 81.7 Å². The van der Waals surface area contributed by atoms with Crippen LogP contribution in [-0.4, -0.2) is 5.91 Å². The number of para-hydroxylation sites is 1. The third-order valence-corrected chi connectivity index (χ3v) is 3.59. The Balaban J connectivity index is 1.74. The Morgan fingerprint density at radius 3 is 2.40 bits per heavy atom. The van der Waals surface area contributed by atoms with Crippen LogP contribution in [0, 0.1) is 0 Å². The normalized spacial score (nSPS) is 11.5. The molecule has 0 aliphatic rings. The number of alkyl halides is 3. The summed E-state index contributed by atoms with van der Waals surface area (Å²) in [7, 11) is 0. The lowest BCUT2D eigenvalue weighted by molar-refractivity contribution is -0.137. The summed E-state index contributed by atoms with van der Waals surface area (Å²) in [5.74, 6) is -0.779. The van der Waals surface area contributed by atoms with Crippen molar-refractivity contribution in [2.45, 2.75) is 12.7 Å². The quantitative estimate of drug-likeness (QED) is 0.785. The van der Waals surface area contributed by atoms with Crippen molar-refractivity contribution in [3.8, 4) is 0 Å². The van der Waals surface area contributed by atoms with Gasteiger partial charge in [0.1, 0.15) is 5.58 Å². The topological polar surface area (TPSA) is 59.3 Å². The molecule has 1 heterocycles. The molecule has 0 unspecified atom stereocenters. The first-order valence-corrected chi connectivity index (χ1v) is 7.32. The second kappa shape index (κ2) is 6.43. The number of fused-ring (bicyclic) bond motifs is 1. The van der Waals surface area contributed by atoms with Gasteiger partial charge in [-0.05, 0) is 29.8 Å². The third kappa shape index (κ3) is 3.71. The molecule has 128 valence electrons. The van der Waals surface area contributed by atoms with E-state index in [1.54, 1.807) is 24.3 Å². The highest BCUT2D eigenvalue weighted by molar-refractivity contribution is 5.93. The van der Waals surface area contributed by atoms with Gasteiger partial charge >= 0.3 is 6.18 Å². The molecule has 25 heavy (non-hydrogen) atoms. The number of rotatable bonds is 3. The molecule has 0 saturated carbocycles. The van der Waals surface area contributed by atoms with E-state index in [1.807, 2.05) is 0 Å². The highest BCUT2D eigenvalue weighted by atomic mass is 19.4. The van der Waals surface area contributed by atoms with Crippen LogP contribution in [0.5, 0.6) is 0 Å². The van der Waals surface area contributed by atoms with E-state index >= 15 is 0 Å². The first-order valence-electron chi connectivity index (χ1n) is 7.32. The second-order valence-corrected chi connectivity index (χ2v) is 5.35. The Labute approximate surface area is 139 Å². The Morgan fingerprint density at radius 1 is 1.04 bits per heavy atom. The van der Waals surface area contributed by atoms with Crippen LogP contribution in [0.3, 0.4) is 0 Å². The number of nitrogens with one attached hydrogen (secondary N) is 1. The van der Waals surface area contributed by atoms with E-state index in [0.29, 0.717) is 10.9 Å². The summed E-state index contributed by atoms with van der Waals surface area (Å²) in [4.78, 5) is 24.1. The monoisotopic (exact) mass is 347 g/mol. The van der Waals surface area contributed by atoms with E-state index in [4.69, 9.17) is 4.42 Å². The van der Waals surface area contributed by atoms with E-state index in [-0.39, 0.29) is 23.3 Å². The van der Waals surface area contributed by atoms with Crippen LogP contribution in [0.1, 0.15) is 21.7 Å². The van der Waals surface area contributed by atoms with E-state index < -0.39 is 17.6 Å². The van der Waals surface area contributed by atoms with Gasteiger partial charge in [-0.1, -0.05) is 24.3 Å². The number of halogens is 3. The number of carbonyl (C=O) groups excluding carboxylic acids is 1. The van der Waals surface area contributed by atoms with Crippen molar-refractivity contribution in [1.82, 2.24) is 5.32 Å². The summed E-state index contributed by atoms with van der Waals surface area (Å²) in [6, 6.07) is 12.0. The Kier molecular flexibility index (Phi) is 4.31. The van der Waals surface area contributed by atoms with Crippen molar-refractivity contribution >= 4 is 16.9 Å². The van der Waals surface area contributed by atoms with Gasteiger partial charge in [-0.15, -0.1) is 0 Å². The molecular formula is C18H12F3NO3. The summed E-state index contributed by atoms with van der Waals surface area (Å²) < 4.78 is 42.9. The summed E-state index contributed by atoms with van der Waals surface area (Å²) in [6.07, 6.45) is -4.41. The fraction of sp³-hybridized carbons (Fsp3) is 0.111. The number of hydrogen-bond acceptors (Lipinski definition) is 3. The molecule has 7 heteroatoms. The SMILES string of the molecule is O=C(NCc1ccc(C(F)(F)F)cc1)c1cc(=O)c2ccccc2o1. The Hall–Kier alpha value is -3.09. The van der Waals surface area contributed by atoms with Crippen molar-refractivity contribution in [3.63, 3.8) is 0 Å². The predicted molar refractivity (Wildman–Crippen MR) is 85.1 cm³/mol. The smallest absolute Gasteiger partial charge is 0.416 e. The van der Waals surface area contributed by atoms with E-state index in [1.165, 1.54) is 12.1 Å². The molecule has 3 aromatic rings. The van der Waals surface area contributed by atoms with Gasteiger partial charge in [-0.3, -0.25) is 9.59 Å². The maximum absolute atomic E-state index is 12.5. The molecule has 1 amide bonds. The van der Waals surface area contributed by atoms with Gasteiger partial charge in [0.05, 0.1) is 10.9 Å². The zero-order valence-electron chi connectivity index (χ0n) is 12.8. The molecule has 0 fully saturated rings. The minimum absolute atomic E-state index is 0.00745. The fourth-order valence-electron chi connectivity index (χ4n) is 2.30. The lowest BCUT2D eigenvalue weighted by Crippen LogP contribution is -2.24. The largest absolute Gasteiger partial charge is 0.451 e. The fourth-order valence-corrected chi connectivity index (χ4v) is 2.30. The maximum atomic E-state index is 12.5. The zero-order chi connectivity index (χ0) is 18.0. The minimum Gasteiger partial charge on any atom is -0.451 e. The van der Waals surface area contributed by atoms with Gasteiger partial charge in [-0.2, -0.15) is 13.2 Å². The Morgan fingerprint density at radius 2 is 1.72 bits per heavy atom. The van der Waals surface area contributed by atoms with Crippen molar-refractivity contribution in [2.75, 3.05) is 0 Å². The lowest BCUT2D eigenvalue weighted by atomic mass is 10.1. The van der Waals surface area contributed by atoms with E-state index in [0.717, 1.165) is 18.2 Å². The lowest BCUT2D eigenvalue weighted by Gasteiger charge is -2.08. The molecule has 1 aromatic heterocycles. The molecule has 3 rings (SSSR count). The zero-order valence-corrected chi connectivity index (χ0v) is 12.8. The third-order valence-electron chi connectivity index (χ3n) is 3.59. The van der Waals surface area contributed by atoms with Crippen molar-refractivity contribution in [2.24, 2.45) is 0 Å². The second-order valence-electron chi connectivity index (χ2n) is 5.35. The van der Waals surface area contributed by atoms with Crippen LogP contribution >= 0.6 is 0 Å². The molecule has 1 N–H and O–H groups in total. The van der Waals surface area contributed by atoms with Crippen LogP contribution in [-0.2, 0) is 12.7 Å². The maximum Gasteiger partial charge on any atom is 0.416 e. The van der Waals surface area contributed by atoms with Gasteiger partial charge in [0.25, 0.3) is 5.91 Å². The predicted octanol–water partition coefficient (Wildman–Crippen LogP) is 3.74. The van der Waals surface area contributed by atoms with Crippen LogP contribution in [0.15, 0.2) is 63.8 Å². The van der Waals surface area contributed by atoms with Gasteiger partial charge in [0, 0.05) is 12.6 Å². The van der Waals surface area contributed by atoms with Crippen LogP contribution in [0.4, 0.5) is 13.2 Å². The molecule has 0 radical (unpaired) electrons. The van der Waals surface area contributed by atoms with Crippen molar-refractivity contribution < 1.29 is 22.4 Å². The molecule has 4 nitrogen and oxygen atoms in total. The number of hydrogen-bond donors (Lipinski definition) is 1. The van der Waals surface area contributed by atoms with Crippen LogP contribution < -0.4 is 10.7 Å². The average Bonchev–Trinajstić information content (AvgIpc) is 2.59. The van der Waals surface area contributed by atoms with E-state index in [9.17, 15) is 22.8 Å². The van der Waals surface area contributed by atoms with Gasteiger partial charge < -0.3 is 9.73 Å². The molecule has 0 saturated heterocycles. The molecule has 0 atom stereocenters. The number of benzene rings is 2. The van der Waals surface area contributed by atoms with Gasteiger partial charge in [0.2, 0.25) is 0 Å². The summed E-state index contributed by atoms with van der Waals surface area (Å²) >= 11 is 0. The standard InChI is InChI=1S/C18H12F3NO3/c19-18(20,21)12-7-5-11(6-8-12)10-22-17(24)16-9-14(23)13-3-1-2-4-15(13)25-16/h1-9H,10H2,(H,22,24). The first-order chi connectivity index (χ1) is 11.8. The minimum atomic E-state index is -4.41. The van der Waals surface area contributed by atoms with E-state index in [2.05, 4.69) is 5.32 Å². The highest BCUT2D eigenvalue weighted by Crippen LogP contribution is 2.29. The van der Waals surface area contributed by atoms with Crippen molar-refractivity contribution in [1.29, 1.82) is 0 Å². The molecule has 0 bridgehead atoms. The molecular weight excluding hydrogens is 335 g/mol. The van der Waals surface area contributed by atoms with Gasteiger partial charge in [-0.25, -0.2) is 0 Å². The molecule has 0 spiro atoms. The van der Waals surface area contributed by atoms with Crippen LogP contribution in [0.25, 0.3) is 11.0 Å². The molecule has 0 aliphatic carbocycles.